The number of halogens is 2. The Morgan fingerprint density at radius 1 is 1.37 bits per heavy atom. The van der Waals surface area contributed by atoms with Gasteiger partial charge in [-0.1, -0.05) is 11.6 Å². The van der Waals surface area contributed by atoms with E-state index in [2.05, 4.69) is 0 Å². The van der Waals surface area contributed by atoms with Gasteiger partial charge in [0, 0.05) is 16.4 Å². The van der Waals surface area contributed by atoms with Gasteiger partial charge in [-0.25, -0.2) is 4.39 Å². The maximum Gasteiger partial charge on any atom is 0.170 e. The highest BCUT2D eigenvalue weighted by molar-refractivity contribution is 7.10. The summed E-state index contributed by atoms with van der Waals surface area (Å²) in [4.78, 5) is 13.8. The molecule has 0 saturated carbocycles. The Morgan fingerprint density at radius 2 is 2.21 bits per heavy atom. The first-order valence-corrected chi connectivity index (χ1v) is 7.48. The maximum absolute atomic E-state index is 13.5. The minimum Gasteiger partial charge on any atom is -0.293 e. The van der Waals surface area contributed by atoms with Crippen molar-refractivity contribution in [3.63, 3.8) is 0 Å². The molecule has 0 bridgehead atoms. The molecule has 0 fully saturated rings. The van der Waals surface area contributed by atoms with Crippen LogP contribution in [0.25, 0.3) is 0 Å². The van der Waals surface area contributed by atoms with Gasteiger partial charge < -0.3 is 0 Å². The highest BCUT2D eigenvalue weighted by Crippen LogP contribution is 2.37. The predicted molar refractivity (Wildman–Crippen MR) is 75.7 cm³/mol. The number of aryl methyl sites for hydroxylation is 1. The Hall–Kier alpha value is -1.19. The molecule has 98 valence electrons. The van der Waals surface area contributed by atoms with E-state index in [1.54, 1.807) is 17.4 Å². The van der Waals surface area contributed by atoms with Crippen molar-refractivity contribution in [1.29, 1.82) is 0 Å². The number of thiophene rings is 1. The lowest BCUT2D eigenvalue weighted by Gasteiger charge is -2.21. The van der Waals surface area contributed by atoms with E-state index in [9.17, 15) is 9.18 Å². The van der Waals surface area contributed by atoms with E-state index in [0.717, 1.165) is 24.8 Å². The average Bonchev–Trinajstić information content (AvgIpc) is 2.89. The summed E-state index contributed by atoms with van der Waals surface area (Å²) in [5.41, 5.74) is 1.53. The van der Waals surface area contributed by atoms with Crippen LogP contribution in [-0.2, 0) is 6.42 Å². The molecule has 0 radical (unpaired) electrons. The zero-order chi connectivity index (χ0) is 13.4. The molecule has 1 aliphatic rings. The first-order chi connectivity index (χ1) is 9.16. The van der Waals surface area contributed by atoms with Crippen LogP contribution in [0.3, 0.4) is 0 Å². The van der Waals surface area contributed by atoms with Crippen LogP contribution in [0.1, 0.15) is 39.6 Å². The summed E-state index contributed by atoms with van der Waals surface area (Å²) >= 11 is 7.35. The fourth-order valence-electron chi connectivity index (χ4n) is 2.61. The number of carbonyl (C=O) groups is 1. The van der Waals surface area contributed by atoms with Crippen LogP contribution in [-0.4, -0.2) is 5.78 Å². The number of Topliss-reactive ketones (excluding diaryl/α,β-unsaturated/α-hetero) is 1. The highest BCUT2D eigenvalue weighted by atomic mass is 35.5. The zero-order valence-electron chi connectivity index (χ0n) is 10.2. The van der Waals surface area contributed by atoms with Gasteiger partial charge in [0.25, 0.3) is 0 Å². The van der Waals surface area contributed by atoms with Crippen molar-refractivity contribution >= 4 is 28.7 Å². The molecule has 1 atom stereocenters. The van der Waals surface area contributed by atoms with Crippen molar-refractivity contribution in [1.82, 2.24) is 0 Å². The third kappa shape index (κ3) is 2.33. The minimum atomic E-state index is -0.533. The molecule has 0 spiro atoms. The van der Waals surface area contributed by atoms with Crippen LogP contribution in [0.15, 0.2) is 29.6 Å². The molecule has 1 aliphatic carbocycles. The molecule has 1 unspecified atom stereocenters. The quantitative estimate of drug-likeness (QED) is 0.724. The smallest absolute Gasteiger partial charge is 0.170 e. The third-order valence-corrected chi connectivity index (χ3v) is 4.88. The molecule has 1 aromatic carbocycles. The van der Waals surface area contributed by atoms with E-state index < -0.39 is 5.82 Å². The molecule has 1 heterocycles. The molecule has 2 aromatic rings. The molecule has 3 rings (SSSR count). The van der Waals surface area contributed by atoms with Gasteiger partial charge in [0.1, 0.15) is 5.82 Å². The fraction of sp³-hybridized carbons (Fsp3) is 0.267. The zero-order valence-corrected chi connectivity index (χ0v) is 11.7. The number of hydrogen-bond acceptors (Lipinski definition) is 2. The molecule has 0 saturated heterocycles. The molecule has 4 heteroatoms. The fourth-order valence-corrected chi connectivity index (χ4v) is 3.71. The lowest BCUT2D eigenvalue weighted by atomic mass is 9.82. The Balaban J connectivity index is 1.95. The molecule has 1 aromatic heterocycles. The molecule has 0 aliphatic heterocycles. The minimum absolute atomic E-state index is 0.00471. The van der Waals surface area contributed by atoms with Gasteiger partial charge in [-0.3, -0.25) is 4.79 Å². The van der Waals surface area contributed by atoms with Gasteiger partial charge in [0.15, 0.2) is 5.78 Å². The second kappa shape index (κ2) is 5.06. The normalized spacial score (nSPS) is 18.1. The number of ketones is 1. The van der Waals surface area contributed by atoms with Crippen molar-refractivity contribution in [2.24, 2.45) is 0 Å². The molecule has 19 heavy (non-hydrogen) atoms. The first kappa shape index (κ1) is 12.8. The van der Waals surface area contributed by atoms with Crippen LogP contribution >= 0.6 is 22.9 Å². The van der Waals surface area contributed by atoms with Gasteiger partial charge in [0.05, 0.1) is 5.02 Å². The van der Waals surface area contributed by atoms with Crippen molar-refractivity contribution in [2.75, 3.05) is 0 Å². The number of hydrogen-bond donors (Lipinski definition) is 0. The van der Waals surface area contributed by atoms with Crippen LogP contribution < -0.4 is 0 Å². The van der Waals surface area contributed by atoms with Gasteiger partial charge >= 0.3 is 0 Å². The number of rotatable bonds is 2. The van der Waals surface area contributed by atoms with Crippen molar-refractivity contribution < 1.29 is 9.18 Å². The van der Waals surface area contributed by atoms with E-state index >= 15 is 0 Å². The van der Waals surface area contributed by atoms with Gasteiger partial charge in [-0.05, 0) is 54.5 Å². The van der Waals surface area contributed by atoms with Crippen LogP contribution in [0.4, 0.5) is 4.39 Å². The van der Waals surface area contributed by atoms with Crippen molar-refractivity contribution in [2.45, 2.75) is 25.2 Å². The summed E-state index contributed by atoms with van der Waals surface area (Å²) in [6.07, 6.45) is 2.90. The second-order valence-electron chi connectivity index (χ2n) is 4.74. The molecular formula is C15H12ClFOS. The summed E-state index contributed by atoms with van der Waals surface area (Å²) < 4.78 is 13.5. The summed E-state index contributed by atoms with van der Waals surface area (Å²) in [6.45, 7) is 0. The van der Waals surface area contributed by atoms with Crippen LogP contribution in [0.5, 0.6) is 0 Å². The SMILES string of the molecule is O=C(c1ccc(Cl)c(F)c1)C1CCCc2sccc21. The Morgan fingerprint density at radius 3 is 3.00 bits per heavy atom. The predicted octanol–water partition coefficient (Wildman–Crippen LogP) is 4.84. The summed E-state index contributed by atoms with van der Waals surface area (Å²) in [6, 6.07) is 6.31. The summed E-state index contributed by atoms with van der Waals surface area (Å²) in [5, 5.41) is 2.08. The van der Waals surface area contributed by atoms with Gasteiger partial charge in [0.2, 0.25) is 0 Å². The molecule has 0 amide bonds. The Kier molecular flexibility index (Phi) is 3.42. The summed E-state index contributed by atoms with van der Waals surface area (Å²) in [5.74, 6) is -0.667. The monoisotopic (exact) mass is 294 g/mol. The van der Waals surface area contributed by atoms with Crippen molar-refractivity contribution in [3.8, 4) is 0 Å². The van der Waals surface area contributed by atoms with Gasteiger partial charge in [-0.2, -0.15) is 0 Å². The van der Waals surface area contributed by atoms with E-state index in [0.29, 0.717) is 5.56 Å². The lowest BCUT2D eigenvalue weighted by molar-refractivity contribution is 0.0951. The number of fused-ring (bicyclic) bond motifs is 1. The van der Waals surface area contributed by atoms with Crippen molar-refractivity contribution in [3.05, 3.63) is 56.5 Å². The summed E-state index contributed by atoms with van der Waals surface area (Å²) in [7, 11) is 0. The van der Waals surface area contributed by atoms with E-state index in [1.165, 1.54) is 17.0 Å². The second-order valence-corrected chi connectivity index (χ2v) is 6.14. The Bertz CT molecular complexity index is 635. The third-order valence-electron chi connectivity index (χ3n) is 3.57. The number of benzene rings is 1. The first-order valence-electron chi connectivity index (χ1n) is 6.22. The van der Waals surface area contributed by atoms with Gasteiger partial charge in [-0.15, -0.1) is 11.3 Å². The lowest BCUT2D eigenvalue weighted by Crippen LogP contribution is -2.17. The van der Waals surface area contributed by atoms with E-state index in [1.807, 2.05) is 11.4 Å². The standard InChI is InChI=1S/C15H12ClFOS/c16-12-5-4-9(8-13(12)17)15(18)11-2-1-3-14-10(11)6-7-19-14/h4-8,11H,1-3H2. The maximum atomic E-state index is 13.5. The average molecular weight is 295 g/mol. The molecular weight excluding hydrogens is 283 g/mol. The van der Waals surface area contributed by atoms with Crippen LogP contribution in [0, 0.1) is 5.82 Å². The van der Waals surface area contributed by atoms with Crippen LogP contribution in [0.2, 0.25) is 5.02 Å². The molecule has 0 N–H and O–H groups in total. The highest BCUT2D eigenvalue weighted by Gasteiger charge is 2.28. The number of carbonyl (C=O) groups excluding carboxylic acids is 1. The van der Waals surface area contributed by atoms with E-state index in [-0.39, 0.29) is 16.7 Å². The van der Waals surface area contributed by atoms with E-state index in [4.69, 9.17) is 11.6 Å². The Labute approximate surface area is 120 Å². The topological polar surface area (TPSA) is 17.1 Å². The molecule has 1 nitrogen and oxygen atoms in total. The largest absolute Gasteiger partial charge is 0.293 e.